The summed E-state index contributed by atoms with van der Waals surface area (Å²) < 4.78 is 16.7. The molecule has 2 aromatic carbocycles. The van der Waals surface area contributed by atoms with E-state index in [2.05, 4.69) is 26.6 Å². The summed E-state index contributed by atoms with van der Waals surface area (Å²) in [7, 11) is 4.28. The smallest absolute Gasteiger partial charge is 0.326 e. The van der Waals surface area contributed by atoms with E-state index < -0.39 is 23.8 Å². The average molecular weight is 535 g/mol. The van der Waals surface area contributed by atoms with Gasteiger partial charge in [-0.25, -0.2) is 4.79 Å². The maximum Gasteiger partial charge on any atom is 0.326 e. The zero-order valence-corrected chi connectivity index (χ0v) is 21.1. The number of benzene rings is 2. The van der Waals surface area contributed by atoms with Gasteiger partial charge in [0.1, 0.15) is 11.7 Å². The van der Waals surface area contributed by atoms with Crippen molar-refractivity contribution < 1.29 is 33.7 Å². The molecule has 2 aromatic rings. The van der Waals surface area contributed by atoms with Gasteiger partial charge in [0.15, 0.2) is 11.5 Å². The quantitative estimate of drug-likeness (QED) is 0.398. The third kappa shape index (κ3) is 6.74. The number of carbonyl (C=O) groups excluding carboxylic acids is 2. The second kappa shape index (κ2) is 12.1. The molecule has 0 aliphatic carbocycles. The topological polar surface area (TPSA) is 123 Å². The summed E-state index contributed by atoms with van der Waals surface area (Å²) in [4.78, 5) is 37.7. The summed E-state index contributed by atoms with van der Waals surface area (Å²) in [6.45, 7) is 3.34. The van der Waals surface area contributed by atoms with Crippen LogP contribution in [0.2, 0.25) is 0 Å². The Balaban J connectivity index is 2.45. The fraction of sp³-hybridized carbons (Fsp3) is 0.292. The zero-order chi connectivity index (χ0) is 25.4. The number of amides is 2. The predicted molar refractivity (Wildman–Crippen MR) is 130 cm³/mol. The highest BCUT2D eigenvalue weighted by Gasteiger charge is 2.26. The van der Waals surface area contributed by atoms with Gasteiger partial charge in [0.05, 0.1) is 21.3 Å². The molecule has 34 heavy (non-hydrogen) atoms. The summed E-state index contributed by atoms with van der Waals surface area (Å²) in [6, 6.07) is 8.77. The lowest BCUT2D eigenvalue weighted by molar-refractivity contribution is -0.142. The molecule has 0 fully saturated rings. The van der Waals surface area contributed by atoms with Crippen molar-refractivity contribution in [2.75, 3.05) is 21.3 Å². The van der Waals surface area contributed by atoms with Crippen LogP contribution in [0.25, 0.3) is 6.08 Å². The molecule has 0 aliphatic heterocycles. The molecular formula is C24H27BrN2O7. The second-order valence-electron chi connectivity index (χ2n) is 7.51. The highest BCUT2D eigenvalue weighted by Crippen LogP contribution is 2.38. The Morgan fingerprint density at radius 1 is 0.971 bits per heavy atom. The molecule has 0 unspecified atom stereocenters. The lowest BCUT2D eigenvalue weighted by Gasteiger charge is -2.19. The van der Waals surface area contributed by atoms with E-state index in [4.69, 9.17) is 14.2 Å². The van der Waals surface area contributed by atoms with Gasteiger partial charge in [-0.3, -0.25) is 9.59 Å². The Morgan fingerprint density at radius 2 is 1.53 bits per heavy atom. The number of hydrogen-bond donors (Lipinski definition) is 3. The Kier molecular flexibility index (Phi) is 9.49. The number of methoxy groups -OCH3 is 3. The molecule has 0 bridgehead atoms. The maximum absolute atomic E-state index is 13.1. The first-order chi connectivity index (χ1) is 16.1. The summed E-state index contributed by atoms with van der Waals surface area (Å²) in [5, 5.41) is 14.5. The molecule has 0 saturated carbocycles. The fourth-order valence-electron chi connectivity index (χ4n) is 3.02. The van der Waals surface area contributed by atoms with Crippen molar-refractivity contribution in [1.82, 2.24) is 10.6 Å². The van der Waals surface area contributed by atoms with Crippen LogP contribution in [0.5, 0.6) is 17.2 Å². The summed E-state index contributed by atoms with van der Waals surface area (Å²) >= 11 is 3.35. The molecule has 10 heteroatoms. The Bertz CT molecular complexity index is 1060. The van der Waals surface area contributed by atoms with Crippen molar-refractivity contribution in [3.63, 3.8) is 0 Å². The van der Waals surface area contributed by atoms with Crippen LogP contribution in [-0.4, -0.2) is 50.3 Å². The summed E-state index contributed by atoms with van der Waals surface area (Å²) in [5.74, 6) is -2.09. The maximum atomic E-state index is 13.1. The van der Waals surface area contributed by atoms with E-state index in [1.165, 1.54) is 39.5 Å². The largest absolute Gasteiger partial charge is 0.493 e. The van der Waals surface area contributed by atoms with Crippen molar-refractivity contribution in [3.8, 4) is 17.2 Å². The Hall–Kier alpha value is -3.53. The molecule has 0 aliphatic rings. The lowest BCUT2D eigenvalue weighted by atomic mass is 10.0. The second-order valence-corrected chi connectivity index (χ2v) is 8.43. The number of halogens is 1. The van der Waals surface area contributed by atoms with Gasteiger partial charge in [0, 0.05) is 10.0 Å². The molecule has 0 spiro atoms. The fourth-order valence-corrected chi connectivity index (χ4v) is 3.29. The molecule has 182 valence electrons. The van der Waals surface area contributed by atoms with Gasteiger partial charge in [-0.05, 0) is 41.8 Å². The Labute approximate surface area is 206 Å². The van der Waals surface area contributed by atoms with E-state index in [1.54, 1.807) is 38.1 Å². The van der Waals surface area contributed by atoms with Gasteiger partial charge in [-0.15, -0.1) is 0 Å². The molecule has 0 heterocycles. The molecule has 1 atom stereocenters. The van der Waals surface area contributed by atoms with E-state index in [-0.39, 0.29) is 28.7 Å². The van der Waals surface area contributed by atoms with Gasteiger partial charge >= 0.3 is 5.97 Å². The molecule has 2 rings (SSSR count). The third-order valence-electron chi connectivity index (χ3n) is 4.82. The van der Waals surface area contributed by atoms with E-state index >= 15 is 0 Å². The van der Waals surface area contributed by atoms with E-state index in [9.17, 15) is 19.5 Å². The average Bonchev–Trinajstić information content (AvgIpc) is 2.81. The number of carbonyl (C=O) groups is 3. The summed E-state index contributed by atoms with van der Waals surface area (Å²) in [6.07, 6.45) is 1.46. The normalized spacial score (nSPS) is 12.0. The van der Waals surface area contributed by atoms with Crippen molar-refractivity contribution in [1.29, 1.82) is 0 Å². The molecule has 2 amide bonds. The minimum Gasteiger partial charge on any atom is -0.493 e. The van der Waals surface area contributed by atoms with Gasteiger partial charge < -0.3 is 30.0 Å². The molecular weight excluding hydrogens is 508 g/mol. The van der Waals surface area contributed by atoms with Crippen LogP contribution in [-0.2, 0) is 9.59 Å². The van der Waals surface area contributed by atoms with Gasteiger partial charge in [-0.2, -0.15) is 0 Å². The number of carboxylic acid groups (broad SMARTS) is 1. The number of aliphatic carboxylic acids is 1. The lowest BCUT2D eigenvalue weighted by Crippen LogP contribution is -2.47. The van der Waals surface area contributed by atoms with Gasteiger partial charge in [0.2, 0.25) is 5.75 Å². The molecule has 0 radical (unpaired) electrons. The molecule has 0 aromatic heterocycles. The highest BCUT2D eigenvalue weighted by molar-refractivity contribution is 9.10. The number of hydrogen-bond acceptors (Lipinski definition) is 6. The number of ether oxygens (including phenoxy) is 3. The molecule has 3 N–H and O–H groups in total. The Morgan fingerprint density at radius 3 is 1.97 bits per heavy atom. The minimum atomic E-state index is -1.18. The number of nitrogens with one attached hydrogen (secondary N) is 2. The number of carboxylic acids is 1. The van der Waals surface area contributed by atoms with Crippen molar-refractivity contribution in [3.05, 3.63) is 57.7 Å². The van der Waals surface area contributed by atoms with Gasteiger partial charge in [0.25, 0.3) is 11.8 Å². The van der Waals surface area contributed by atoms with E-state index in [1.807, 2.05) is 0 Å². The molecule has 0 saturated heterocycles. The van der Waals surface area contributed by atoms with Crippen LogP contribution in [0.1, 0.15) is 29.8 Å². The van der Waals surface area contributed by atoms with Crippen LogP contribution in [0.15, 0.2) is 46.6 Å². The number of rotatable bonds is 10. The zero-order valence-electron chi connectivity index (χ0n) is 19.5. The minimum absolute atomic E-state index is 0.132. The SMILES string of the molecule is COc1cc(C(=O)N/C(=C/c2ccc(Br)cc2)C(=O)N[C@H](C(=O)O)C(C)C)cc(OC)c1OC. The van der Waals surface area contributed by atoms with Crippen molar-refractivity contribution in [2.45, 2.75) is 19.9 Å². The summed E-state index contributed by atoms with van der Waals surface area (Å²) in [5.41, 5.74) is 0.630. The van der Waals surface area contributed by atoms with Crippen molar-refractivity contribution >= 4 is 39.8 Å². The van der Waals surface area contributed by atoms with Crippen LogP contribution >= 0.6 is 15.9 Å². The van der Waals surface area contributed by atoms with Gasteiger partial charge in [-0.1, -0.05) is 41.9 Å². The van der Waals surface area contributed by atoms with E-state index in [0.717, 1.165) is 4.47 Å². The van der Waals surface area contributed by atoms with Crippen LogP contribution in [0.4, 0.5) is 0 Å². The molecule has 9 nitrogen and oxygen atoms in total. The van der Waals surface area contributed by atoms with Crippen molar-refractivity contribution in [2.24, 2.45) is 5.92 Å². The van der Waals surface area contributed by atoms with Crippen LogP contribution in [0.3, 0.4) is 0 Å². The first-order valence-corrected chi connectivity index (χ1v) is 11.0. The van der Waals surface area contributed by atoms with Crippen LogP contribution in [0, 0.1) is 5.92 Å². The van der Waals surface area contributed by atoms with Crippen LogP contribution < -0.4 is 24.8 Å². The first kappa shape index (κ1) is 26.7. The monoisotopic (exact) mass is 534 g/mol. The van der Waals surface area contributed by atoms with E-state index in [0.29, 0.717) is 11.3 Å². The predicted octanol–water partition coefficient (Wildman–Crippen LogP) is 3.47. The standard InChI is InChI=1S/C24H27BrN2O7/c1-13(2)20(24(30)31)27-23(29)17(10-14-6-8-16(25)9-7-14)26-22(28)15-11-18(32-3)21(34-5)19(12-15)33-4/h6-13,20H,1-5H3,(H,26,28)(H,27,29)(H,30,31)/b17-10+/t20-/m0/s1. The first-order valence-electron chi connectivity index (χ1n) is 10.2. The highest BCUT2D eigenvalue weighted by atomic mass is 79.9. The third-order valence-corrected chi connectivity index (χ3v) is 5.35.